The van der Waals surface area contributed by atoms with E-state index >= 15 is 0 Å². The van der Waals surface area contributed by atoms with Gasteiger partial charge >= 0.3 is 0 Å². The van der Waals surface area contributed by atoms with Gasteiger partial charge in [0.05, 0.1) is 0 Å². The highest BCUT2D eigenvalue weighted by Crippen LogP contribution is 2.32. The minimum absolute atomic E-state index is 0.494. The molecule has 5 nitrogen and oxygen atoms in total. The van der Waals surface area contributed by atoms with Crippen molar-refractivity contribution in [2.75, 3.05) is 18.5 Å². The van der Waals surface area contributed by atoms with Crippen molar-refractivity contribution in [1.29, 1.82) is 0 Å². The SMILES string of the molecule is CC1CC1Nc1n[nH]c(C2CCOCC2)n1. The molecule has 2 fully saturated rings. The smallest absolute Gasteiger partial charge is 0.242 e. The topological polar surface area (TPSA) is 62.8 Å². The second kappa shape index (κ2) is 4.05. The van der Waals surface area contributed by atoms with Crippen LogP contribution in [0.25, 0.3) is 0 Å². The Morgan fingerprint density at radius 2 is 2.12 bits per heavy atom. The van der Waals surface area contributed by atoms with Gasteiger partial charge in [-0.25, -0.2) is 0 Å². The molecule has 1 aromatic rings. The van der Waals surface area contributed by atoms with E-state index in [1.54, 1.807) is 0 Å². The van der Waals surface area contributed by atoms with Gasteiger partial charge in [-0.05, 0) is 25.2 Å². The number of hydrogen-bond donors (Lipinski definition) is 2. The normalized spacial score (nSPS) is 30.3. The summed E-state index contributed by atoms with van der Waals surface area (Å²) in [7, 11) is 0. The van der Waals surface area contributed by atoms with Crippen LogP contribution < -0.4 is 5.32 Å². The maximum atomic E-state index is 5.34. The minimum atomic E-state index is 0.494. The Balaban J connectivity index is 1.62. The highest BCUT2D eigenvalue weighted by Gasteiger charge is 2.33. The van der Waals surface area contributed by atoms with Gasteiger partial charge in [0.1, 0.15) is 5.82 Å². The lowest BCUT2D eigenvalue weighted by molar-refractivity contribution is 0.0836. The first-order chi connectivity index (χ1) is 7.83. The molecule has 16 heavy (non-hydrogen) atoms. The summed E-state index contributed by atoms with van der Waals surface area (Å²) in [6.07, 6.45) is 3.34. The van der Waals surface area contributed by atoms with Crippen molar-refractivity contribution in [3.8, 4) is 0 Å². The van der Waals surface area contributed by atoms with Crippen LogP contribution in [0.1, 0.15) is 37.9 Å². The van der Waals surface area contributed by atoms with E-state index < -0.39 is 0 Å². The third-order valence-electron chi connectivity index (χ3n) is 3.53. The molecule has 1 aliphatic carbocycles. The molecule has 2 aliphatic rings. The van der Waals surface area contributed by atoms with Gasteiger partial charge in [-0.3, -0.25) is 5.10 Å². The number of rotatable bonds is 3. The molecule has 3 rings (SSSR count). The van der Waals surface area contributed by atoms with Crippen molar-refractivity contribution < 1.29 is 4.74 Å². The first kappa shape index (κ1) is 10.1. The maximum Gasteiger partial charge on any atom is 0.242 e. The van der Waals surface area contributed by atoms with Crippen LogP contribution in [0.2, 0.25) is 0 Å². The molecular formula is C11H18N4O. The molecule has 2 atom stereocenters. The van der Waals surface area contributed by atoms with Gasteiger partial charge in [0, 0.05) is 25.2 Å². The monoisotopic (exact) mass is 222 g/mol. The Morgan fingerprint density at radius 1 is 1.38 bits per heavy atom. The molecule has 0 amide bonds. The van der Waals surface area contributed by atoms with E-state index in [0.717, 1.165) is 43.7 Å². The van der Waals surface area contributed by atoms with Crippen molar-refractivity contribution in [3.63, 3.8) is 0 Å². The van der Waals surface area contributed by atoms with Crippen LogP contribution in [0.5, 0.6) is 0 Å². The zero-order valence-electron chi connectivity index (χ0n) is 9.57. The molecule has 1 aliphatic heterocycles. The molecule has 2 heterocycles. The Bertz CT molecular complexity index is 359. The summed E-state index contributed by atoms with van der Waals surface area (Å²) >= 11 is 0. The average molecular weight is 222 g/mol. The van der Waals surface area contributed by atoms with E-state index in [9.17, 15) is 0 Å². The van der Waals surface area contributed by atoms with Crippen LogP contribution in [0.3, 0.4) is 0 Å². The number of H-pyrrole nitrogens is 1. The molecular weight excluding hydrogens is 204 g/mol. The molecule has 1 aromatic heterocycles. The molecule has 2 unspecified atom stereocenters. The number of nitrogens with one attached hydrogen (secondary N) is 2. The standard InChI is InChI=1S/C11H18N4O/c1-7-6-9(7)12-11-13-10(14-15-11)8-2-4-16-5-3-8/h7-9H,2-6H2,1H3,(H2,12,13,14,15). The fraction of sp³-hybridized carbons (Fsp3) is 0.818. The molecule has 88 valence electrons. The van der Waals surface area contributed by atoms with Crippen LogP contribution in [0, 0.1) is 5.92 Å². The van der Waals surface area contributed by atoms with Gasteiger partial charge in [-0.15, -0.1) is 5.10 Å². The van der Waals surface area contributed by atoms with Gasteiger partial charge in [-0.1, -0.05) is 6.92 Å². The lowest BCUT2D eigenvalue weighted by atomic mass is 10.00. The van der Waals surface area contributed by atoms with Crippen molar-refractivity contribution in [3.05, 3.63) is 5.82 Å². The number of anilines is 1. The molecule has 1 saturated carbocycles. The quantitative estimate of drug-likeness (QED) is 0.814. The first-order valence-electron chi connectivity index (χ1n) is 6.09. The van der Waals surface area contributed by atoms with E-state index in [4.69, 9.17) is 4.74 Å². The number of ether oxygens (including phenoxy) is 1. The van der Waals surface area contributed by atoms with Crippen molar-refractivity contribution in [2.45, 2.75) is 38.1 Å². The van der Waals surface area contributed by atoms with E-state index in [1.807, 2.05) is 0 Å². The van der Waals surface area contributed by atoms with Gasteiger partial charge in [0.15, 0.2) is 0 Å². The molecule has 0 bridgehead atoms. The fourth-order valence-electron chi connectivity index (χ4n) is 2.18. The Kier molecular flexibility index (Phi) is 2.55. The molecule has 2 N–H and O–H groups in total. The first-order valence-corrected chi connectivity index (χ1v) is 6.09. The Labute approximate surface area is 95.0 Å². The number of hydrogen-bond acceptors (Lipinski definition) is 4. The van der Waals surface area contributed by atoms with Crippen molar-refractivity contribution in [2.24, 2.45) is 5.92 Å². The maximum absolute atomic E-state index is 5.34. The number of nitrogens with zero attached hydrogens (tertiary/aromatic N) is 2. The number of aromatic nitrogens is 3. The van der Waals surface area contributed by atoms with E-state index in [1.165, 1.54) is 6.42 Å². The highest BCUT2D eigenvalue weighted by atomic mass is 16.5. The molecule has 0 spiro atoms. The highest BCUT2D eigenvalue weighted by molar-refractivity contribution is 5.28. The zero-order valence-corrected chi connectivity index (χ0v) is 9.57. The van der Waals surface area contributed by atoms with E-state index in [2.05, 4.69) is 27.4 Å². The third-order valence-corrected chi connectivity index (χ3v) is 3.53. The summed E-state index contributed by atoms with van der Waals surface area (Å²) in [5.74, 6) is 3.04. The summed E-state index contributed by atoms with van der Waals surface area (Å²) in [6, 6.07) is 0.582. The zero-order chi connectivity index (χ0) is 11.0. The van der Waals surface area contributed by atoms with Gasteiger partial charge in [-0.2, -0.15) is 4.98 Å². The Hall–Kier alpha value is -1.10. The summed E-state index contributed by atoms with van der Waals surface area (Å²) in [5, 5.41) is 10.6. The summed E-state index contributed by atoms with van der Waals surface area (Å²) in [4.78, 5) is 4.52. The number of aromatic amines is 1. The summed E-state index contributed by atoms with van der Waals surface area (Å²) in [6.45, 7) is 3.92. The lowest BCUT2D eigenvalue weighted by Gasteiger charge is -2.19. The second-order valence-electron chi connectivity index (χ2n) is 4.89. The predicted octanol–water partition coefficient (Wildman–Crippen LogP) is 1.52. The minimum Gasteiger partial charge on any atom is -0.381 e. The largest absolute Gasteiger partial charge is 0.381 e. The fourth-order valence-corrected chi connectivity index (χ4v) is 2.18. The van der Waals surface area contributed by atoms with Crippen LogP contribution in [0.15, 0.2) is 0 Å². The molecule has 0 aromatic carbocycles. The van der Waals surface area contributed by atoms with Crippen LogP contribution >= 0.6 is 0 Å². The summed E-state index contributed by atoms with van der Waals surface area (Å²) in [5.41, 5.74) is 0. The third kappa shape index (κ3) is 2.04. The van der Waals surface area contributed by atoms with Crippen LogP contribution in [0.4, 0.5) is 5.95 Å². The predicted molar refractivity (Wildman–Crippen MR) is 60.4 cm³/mol. The Morgan fingerprint density at radius 3 is 2.81 bits per heavy atom. The van der Waals surface area contributed by atoms with Gasteiger partial charge in [0.25, 0.3) is 0 Å². The lowest BCUT2D eigenvalue weighted by Crippen LogP contribution is -2.15. The average Bonchev–Trinajstić information content (AvgIpc) is 2.80. The van der Waals surface area contributed by atoms with Crippen molar-refractivity contribution >= 4 is 5.95 Å². The van der Waals surface area contributed by atoms with Gasteiger partial charge in [0.2, 0.25) is 5.95 Å². The van der Waals surface area contributed by atoms with Gasteiger partial charge < -0.3 is 10.1 Å². The van der Waals surface area contributed by atoms with Crippen molar-refractivity contribution in [1.82, 2.24) is 15.2 Å². The summed E-state index contributed by atoms with van der Waals surface area (Å²) < 4.78 is 5.34. The molecule has 0 radical (unpaired) electrons. The second-order valence-corrected chi connectivity index (χ2v) is 4.89. The van der Waals surface area contributed by atoms with Crippen LogP contribution in [-0.2, 0) is 4.74 Å². The molecule has 1 saturated heterocycles. The van der Waals surface area contributed by atoms with Crippen LogP contribution in [-0.4, -0.2) is 34.4 Å². The van der Waals surface area contributed by atoms with E-state index in [-0.39, 0.29) is 0 Å². The van der Waals surface area contributed by atoms with E-state index in [0.29, 0.717) is 12.0 Å². The molecule has 5 heteroatoms.